The molecule has 0 bridgehead atoms. The molecule has 0 aliphatic carbocycles. The second-order valence-electron chi connectivity index (χ2n) is 3.62. The minimum absolute atomic E-state index is 0.0527. The van der Waals surface area contributed by atoms with Crippen LogP contribution in [-0.2, 0) is 4.79 Å². The van der Waals surface area contributed by atoms with Crippen LogP contribution in [0.2, 0.25) is 5.02 Å². The molecule has 94 valence electrons. The Balaban J connectivity index is 2.41. The maximum Gasteiger partial charge on any atom is 0.328 e. The van der Waals surface area contributed by atoms with Crippen LogP contribution >= 0.6 is 11.6 Å². The van der Waals surface area contributed by atoms with Crippen LogP contribution in [0.3, 0.4) is 0 Å². The summed E-state index contributed by atoms with van der Waals surface area (Å²) in [7, 11) is 0. The first kappa shape index (κ1) is 12.5. The monoisotopic (exact) mass is 269 g/mol. The number of H-pyrrole nitrogens is 1. The maximum absolute atomic E-state index is 13.6. The molecular weight excluding hydrogens is 261 g/mol. The Morgan fingerprint density at radius 1 is 1.56 bits per heavy atom. The number of halogens is 2. The fraction of sp³-hybridized carbons (Fsp3) is 0.0909. The molecule has 2 rings (SSSR count). The van der Waals surface area contributed by atoms with E-state index in [1.54, 1.807) is 0 Å². The summed E-state index contributed by atoms with van der Waals surface area (Å²) in [5.41, 5.74) is 5.91. The SMILES string of the molecule is NC(C(=O)O)c1ncc(-c2cc(Cl)ccc2F)[nH]1. The molecule has 1 unspecified atom stereocenters. The molecule has 5 nitrogen and oxygen atoms in total. The molecule has 0 aliphatic rings. The summed E-state index contributed by atoms with van der Waals surface area (Å²) in [4.78, 5) is 17.2. The maximum atomic E-state index is 13.6. The van der Waals surface area contributed by atoms with E-state index in [9.17, 15) is 9.18 Å². The van der Waals surface area contributed by atoms with Crippen molar-refractivity contribution < 1.29 is 14.3 Å². The fourth-order valence-electron chi connectivity index (χ4n) is 1.45. The van der Waals surface area contributed by atoms with Gasteiger partial charge in [-0.3, -0.25) is 4.79 Å². The lowest BCUT2D eigenvalue weighted by atomic mass is 10.1. The van der Waals surface area contributed by atoms with Crippen molar-refractivity contribution >= 4 is 17.6 Å². The lowest BCUT2D eigenvalue weighted by Crippen LogP contribution is -2.21. The molecule has 0 radical (unpaired) electrons. The normalized spacial score (nSPS) is 12.4. The van der Waals surface area contributed by atoms with E-state index in [0.29, 0.717) is 10.7 Å². The second-order valence-corrected chi connectivity index (χ2v) is 4.06. The van der Waals surface area contributed by atoms with Gasteiger partial charge in [0.05, 0.1) is 11.9 Å². The van der Waals surface area contributed by atoms with Gasteiger partial charge < -0.3 is 15.8 Å². The Kier molecular flexibility index (Phi) is 3.31. The van der Waals surface area contributed by atoms with Crippen molar-refractivity contribution in [3.63, 3.8) is 0 Å². The third-order valence-electron chi connectivity index (χ3n) is 2.37. The van der Waals surface area contributed by atoms with E-state index >= 15 is 0 Å². The molecule has 0 saturated heterocycles. The van der Waals surface area contributed by atoms with Crippen molar-refractivity contribution in [3.05, 3.63) is 41.1 Å². The first-order chi connectivity index (χ1) is 8.49. The van der Waals surface area contributed by atoms with E-state index in [4.69, 9.17) is 22.4 Å². The summed E-state index contributed by atoms with van der Waals surface area (Å²) in [6.07, 6.45) is 1.31. The molecule has 0 saturated carbocycles. The molecule has 4 N–H and O–H groups in total. The molecule has 18 heavy (non-hydrogen) atoms. The molecule has 0 spiro atoms. The van der Waals surface area contributed by atoms with Gasteiger partial charge in [-0.05, 0) is 18.2 Å². The van der Waals surface area contributed by atoms with Gasteiger partial charge in [0.25, 0.3) is 0 Å². The zero-order valence-corrected chi connectivity index (χ0v) is 9.78. The zero-order valence-electron chi connectivity index (χ0n) is 9.02. The lowest BCUT2D eigenvalue weighted by molar-refractivity contribution is -0.138. The van der Waals surface area contributed by atoms with E-state index in [1.165, 1.54) is 24.4 Å². The Morgan fingerprint density at radius 2 is 2.28 bits per heavy atom. The molecule has 2 aromatic rings. The van der Waals surface area contributed by atoms with Gasteiger partial charge >= 0.3 is 5.97 Å². The largest absolute Gasteiger partial charge is 0.480 e. The molecule has 0 fully saturated rings. The summed E-state index contributed by atoms with van der Waals surface area (Å²) in [5.74, 6) is -1.65. The third kappa shape index (κ3) is 2.34. The number of carbonyl (C=O) groups is 1. The summed E-state index contributed by atoms with van der Waals surface area (Å²) >= 11 is 5.77. The van der Waals surface area contributed by atoms with Crippen molar-refractivity contribution in [2.45, 2.75) is 6.04 Å². The summed E-state index contributed by atoms with van der Waals surface area (Å²) in [6, 6.07) is 2.78. The number of imidazole rings is 1. The number of hydrogen-bond donors (Lipinski definition) is 3. The highest BCUT2D eigenvalue weighted by molar-refractivity contribution is 6.30. The van der Waals surface area contributed by atoms with E-state index < -0.39 is 17.8 Å². The van der Waals surface area contributed by atoms with Crippen LogP contribution in [0, 0.1) is 5.82 Å². The van der Waals surface area contributed by atoms with Crippen LogP contribution in [-0.4, -0.2) is 21.0 Å². The number of hydrogen-bond acceptors (Lipinski definition) is 3. The van der Waals surface area contributed by atoms with Gasteiger partial charge in [-0.1, -0.05) is 11.6 Å². The number of carboxylic acids is 1. The average molecular weight is 270 g/mol. The lowest BCUT2D eigenvalue weighted by Gasteiger charge is -2.03. The third-order valence-corrected chi connectivity index (χ3v) is 2.61. The topological polar surface area (TPSA) is 92.0 Å². The zero-order chi connectivity index (χ0) is 13.3. The first-order valence-electron chi connectivity index (χ1n) is 4.97. The van der Waals surface area contributed by atoms with E-state index in [-0.39, 0.29) is 11.4 Å². The number of carboxylic acid groups (broad SMARTS) is 1. The van der Waals surface area contributed by atoms with Crippen molar-refractivity contribution in [3.8, 4) is 11.3 Å². The number of nitrogens with one attached hydrogen (secondary N) is 1. The van der Waals surface area contributed by atoms with Crippen LogP contribution in [0.1, 0.15) is 11.9 Å². The second kappa shape index (κ2) is 4.75. The number of rotatable bonds is 3. The highest BCUT2D eigenvalue weighted by atomic mass is 35.5. The summed E-state index contributed by atoms with van der Waals surface area (Å²) in [5, 5.41) is 9.10. The fourth-order valence-corrected chi connectivity index (χ4v) is 1.62. The number of benzene rings is 1. The molecule has 1 aromatic carbocycles. The average Bonchev–Trinajstić information content (AvgIpc) is 2.80. The van der Waals surface area contributed by atoms with E-state index in [2.05, 4.69) is 9.97 Å². The molecule has 0 amide bonds. The highest BCUT2D eigenvalue weighted by Gasteiger charge is 2.18. The minimum Gasteiger partial charge on any atom is -0.480 e. The predicted molar refractivity (Wildman–Crippen MR) is 63.6 cm³/mol. The van der Waals surface area contributed by atoms with Crippen LogP contribution in [0.5, 0.6) is 0 Å². The van der Waals surface area contributed by atoms with Gasteiger partial charge in [-0.25, -0.2) is 9.37 Å². The first-order valence-corrected chi connectivity index (χ1v) is 5.35. The van der Waals surface area contributed by atoms with Crippen LogP contribution in [0.25, 0.3) is 11.3 Å². The number of aromatic amines is 1. The number of nitrogens with zero attached hydrogens (tertiary/aromatic N) is 1. The van der Waals surface area contributed by atoms with Crippen LogP contribution < -0.4 is 5.73 Å². The van der Waals surface area contributed by atoms with Gasteiger partial charge in [0.2, 0.25) is 0 Å². The van der Waals surface area contributed by atoms with E-state index in [1.807, 2.05) is 0 Å². The van der Waals surface area contributed by atoms with Crippen molar-refractivity contribution in [1.29, 1.82) is 0 Å². The predicted octanol–water partition coefficient (Wildman–Crippen LogP) is 1.95. The smallest absolute Gasteiger partial charge is 0.328 e. The Bertz CT molecular complexity index is 600. The van der Waals surface area contributed by atoms with Crippen molar-refractivity contribution in [2.75, 3.05) is 0 Å². The number of aromatic nitrogens is 2. The Morgan fingerprint density at radius 3 is 2.94 bits per heavy atom. The van der Waals surface area contributed by atoms with Gasteiger partial charge in [0.1, 0.15) is 11.6 Å². The summed E-state index contributed by atoms with van der Waals surface area (Å²) < 4.78 is 13.6. The van der Waals surface area contributed by atoms with Gasteiger partial charge in [-0.2, -0.15) is 0 Å². The van der Waals surface area contributed by atoms with Crippen LogP contribution in [0.4, 0.5) is 4.39 Å². The van der Waals surface area contributed by atoms with E-state index in [0.717, 1.165) is 0 Å². The van der Waals surface area contributed by atoms with Crippen molar-refractivity contribution in [2.24, 2.45) is 5.73 Å². The molecular formula is C11H9ClFN3O2. The van der Waals surface area contributed by atoms with Crippen LogP contribution in [0.15, 0.2) is 24.4 Å². The Hall–Kier alpha value is -1.92. The minimum atomic E-state index is -1.28. The molecule has 7 heteroatoms. The standard InChI is InChI=1S/C11H9ClFN3O2/c12-5-1-2-7(13)6(3-5)8-4-15-10(16-8)9(14)11(17)18/h1-4,9H,14H2,(H,15,16)(H,17,18). The van der Waals surface area contributed by atoms with Crippen molar-refractivity contribution in [1.82, 2.24) is 9.97 Å². The highest BCUT2D eigenvalue weighted by Crippen LogP contribution is 2.25. The molecule has 1 aromatic heterocycles. The number of aliphatic carboxylic acids is 1. The Labute approximate surface area is 106 Å². The molecule has 1 atom stereocenters. The molecule has 1 heterocycles. The van der Waals surface area contributed by atoms with Gasteiger partial charge in [0.15, 0.2) is 6.04 Å². The van der Waals surface area contributed by atoms with Gasteiger partial charge in [-0.15, -0.1) is 0 Å². The number of nitrogens with two attached hydrogens (primary N) is 1. The molecule has 0 aliphatic heterocycles. The summed E-state index contributed by atoms with van der Waals surface area (Å²) in [6.45, 7) is 0. The van der Waals surface area contributed by atoms with Gasteiger partial charge in [0, 0.05) is 10.6 Å². The quantitative estimate of drug-likeness (QED) is 0.794.